The van der Waals surface area contributed by atoms with E-state index in [1.807, 2.05) is 43.5 Å². The molecule has 1 aliphatic rings. The van der Waals surface area contributed by atoms with E-state index in [4.69, 9.17) is 0 Å². The van der Waals surface area contributed by atoms with Crippen molar-refractivity contribution in [3.05, 3.63) is 45.9 Å². The summed E-state index contributed by atoms with van der Waals surface area (Å²) in [7, 11) is 0. The van der Waals surface area contributed by atoms with Gasteiger partial charge in [0.1, 0.15) is 5.01 Å². The Balaban J connectivity index is 1.60. The molecule has 1 aliphatic heterocycles. The number of anilines is 1. The second kappa shape index (κ2) is 6.50. The van der Waals surface area contributed by atoms with Crippen LogP contribution < -0.4 is 10.2 Å². The summed E-state index contributed by atoms with van der Waals surface area (Å²) in [6.45, 7) is 4.79. The second-order valence-corrected chi connectivity index (χ2v) is 6.78. The summed E-state index contributed by atoms with van der Waals surface area (Å²) >= 11 is 1.53. The number of carbonyl (C=O) groups is 2. The monoisotopic (exact) mass is 329 g/mol. The quantitative estimate of drug-likeness (QED) is 0.937. The van der Waals surface area contributed by atoms with Gasteiger partial charge in [0.2, 0.25) is 11.8 Å². The number of nitrogens with one attached hydrogen (secondary N) is 1. The maximum Gasteiger partial charge on any atom is 0.227 e. The fourth-order valence-corrected chi connectivity index (χ4v) is 3.36. The third kappa shape index (κ3) is 3.59. The van der Waals surface area contributed by atoms with Crippen LogP contribution in [-0.2, 0) is 16.1 Å². The lowest BCUT2D eigenvalue weighted by Gasteiger charge is -2.16. The van der Waals surface area contributed by atoms with Gasteiger partial charge in [0.05, 0.1) is 12.5 Å². The van der Waals surface area contributed by atoms with Crippen LogP contribution in [0.1, 0.15) is 22.7 Å². The highest BCUT2D eigenvalue weighted by atomic mass is 32.1. The van der Waals surface area contributed by atoms with Crippen molar-refractivity contribution in [3.63, 3.8) is 0 Å². The Bertz CT molecular complexity index is 724. The standard InChI is InChI=1S/C17H19N3O2S/c1-11-3-5-14(6-4-11)20-9-13(7-16(20)21)17(22)18-8-15-19-12(2)10-23-15/h3-6,10,13H,7-9H2,1-2H3,(H,18,22)/t13-/m1/s1. The van der Waals surface area contributed by atoms with Crippen molar-refractivity contribution >= 4 is 28.8 Å². The number of carbonyl (C=O) groups excluding carboxylic acids is 2. The van der Waals surface area contributed by atoms with Gasteiger partial charge in [-0.15, -0.1) is 11.3 Å². The lowest BCUT2D eigenvalue weighted by atomic mass is 10.1. The molecule has 5 nitrogen and oxygen atoms in total. The van der Waals surface area contributed by atoms with Crippen molar-refractivity contribution in [2.24, 2.45) is 5.92 Å². The molecule has 1 N–H and O–H groups in total. The number of hydrogen-bond donors (Lipinski definition) is 1. The van der Waals surface area contributed by atoms with E-state index >= 15 is 0 Å². The molecule has 6 heteroatoms. The summed E-state index contributed by atoms with van der Waals surface area (Å²) in [4.78, 5) is 30.5. The molecular formula is C17H19N3O2S. The van der Waals surface area contributed by atoms with Crippen LogP contribution in [0, 0.1) is 19.8 Å². The van der Waals surface area contributed by atoms with Gasteiger partial charge in [-0.1, -0.05) is 17.7 Å². The molecule has 1 aromatic carbocycles. The van der Waals surface area contributed by atoms with Crippen LogP contribution in [0.4, 0.5) is 5.69 Å². The lowest BCUT2D eigenvalue weighted by Crippen LogP contribution is -2.32. The second-order valence-electron chi connectivity index (χ2n) is 5.84. The molecule has 1 atom stereocenters. The zero-order valence-electron chi connectivity index (χ0n) is 13.2. The van der Waals surface area contributed by atoms with Gasteiger partial charge in [-0.25, -0.2) is 4.98 Å². The van der Waals surface area contributed by atoms with E-state index in [9.17, 15) is 9.59 Å². The first kappa shape index (κ1) is 15.7. The summed E-state index contributed by atoms with van der Waals surface area (Å²) in [5.74, 6) is -0.384. The molecule has 2 heterocycles. The third-order valence-corrected chi connectivity index (χ3v) is 4.89. The number of amides is 2. The summed E-state index contributed by atoms with van der Waals surface area (Å²) in [6.07, 6.45) is 0.261. The van der Waals surface area contributed by atoms with Crippen LogP contribution >= 0.6 is 11.3 Å². The smallest absolute Gasteiger partial charge is 0.227 e. The Morgan fingerprint density at radius 1 is 1.35 bits per heavy atom. The minimum atomic E-state index is -0.301. The normalized spacial score (nSPS) is 17.6. The Hall–Kier alpha value is -2.21. The van der Waals surface area contributed by atoms with E-state index in [-0.39, 0.29) is 24.2 Å². The highest BCUT2D eigenvalue weighted by Gasteiger charge is 2.34. The summed E-state index contributed by atoms with van der Waals surface area (Å²) < 4.78 is 0. The van der Waals surface area contributed by atoms with Crippen molar-refractivity contribution < 1.29 is 9.59 Å². The van der Waals surface area contributed by atoms with E-state index in [1.54, 1.807) is 4.90 Å². The average molecular weight is 329 g/mol. The number of nitrogens with zero attached hydrogens (tertiary/aromatic N) is 2. The molecule has 0 bridgehead atoms. The predicted octanol–water partition coefficient (Wildman–Crippen LogP) is 2.43. The Labute approximate surface area is 139 Å². The van der Waals surface area contributed by atoms with Crippen molar-refractivity contribution in [2.75, 3.05) is 11.4 Å². The molecule has 0 spiro atoms. The third-order valence-electron chi connectivity index (χ3n) is 3.92. The zero-order chi connectivity index (χ0) is 16.4. The molecule has 1 aromatic heterocycles. The maximum absolute atomic E-state index is 12.3. The largest absolute Gasteiger partial charge is 0.349 e. The Kier molecular flexibility index (Phi) is 4.43. The van der Waals surface area contributed by atoms with Gasteiger partial charge in [-0.05, 0) is 26.0 Å². The van der Waals surface area contributed by atoms with Crippen molar-refractivity contribution in [3.8, 4) is 0 Å². The molecule has 3 rings (SSSR count). The van der Waals surface area contributed by atoms with Gasteiger partial charge in [-0.3, -0.25) is 9.59 Å². The summed E-state index contributed by atoms with van der Waals surface area (Å²) in [5, 5.41) is 5.73. The fourth-order valence-electron chi connectivity index (χ4n) is 2.65. The molecule has 0 unspecified atom stereocenters. The van der Waals surface area contributed by atoms with Crippen LogP contribution in [0.25, 0.3) is 0 Å². The zero-order valence-corrected chi connectivity index (χ0v) is 14.0. The van der Waals surface area contributed by atoms with Crippen LogP contribution in [0.5, 0.6) is 0 Å². The van der Waals surface area contributed by atoms with E-state index in [2.05, 4.69) is 10.3 Å². The molecule has 1 fully saturated rings. The number of aryl methyl sites for hydroxylation is 2. The van der Waals surface area contributed by atoms with Crippen molar-refractivity contribution in [1.29, 1.82) is 0 Å². The van der Waals surface area contributed by atoms with Gasteiger partial charge >= 0.3 is 0 Å². The minimum absolute atomic E-state index is 0.000837. The number of hydrogen-bond acceptors (Lipinski definition) is 4. The van der Waals surface area contributed by atoms with E-state index in [1.165, 1.54) is 11.3 Å². The number of aromatic nitrogens is 1. The van der Waals surface area contributed by atoms with E-state index < -0.39 is 0 Å². The van der Waals surface area contributed by atoms with Crippen LogP contribution in [0.15, 0.2) is 29.6 Å². The molecular weight excluding hydrogens is 310 g/mol. The van der Waals surface area contributed by atoms with Crippen LogP contribution in [-0.4, -0.2) is 23.3 Å². The minimum Gasteiger partial charge on any atom is -0.349 e. The molecule has 2 amide bonds. The molecule has 2 aromatic rings. The first-order valence-corrected chi connectivity index (χ1v) is 8.46. The van der Waals surface area contributed by atoms with Gasteiger partial charge in [-0.2, -0.15) is 0 Å². The van der Waals surface area contributed by atoms with Crippen molar-refractivity contribution in [2.45, 2.75) is 26.8 Å². The topological polar surface area (TPSA) is 62.3 Å². The Morgan fingerprint density at radius 2 is 2.09 bits per heavy atom. The molecule has 23 heavy (non-hydrogen) atoms. The number of rotatable bonds is 4. The number of benzene rings is 1. The predicted molar refractivity (Wildman–Crippen MR) is 90.3 cm³/mol. The van der Waals surface area contributed by atoms with Gasteiger partial charge in [0, 0.05) is 29.7 Å². The molecule has 0 radical (unpaired) electrons. The van der Waals surface area contributed by atoms with Crippen molar-refractivity contribution in [1.82, 2.24) is 10.3 Å². The van der Waals surface area contributed by atoms with Crippen LogP contribution in [0.3, 0.4) is 0 Å². The summed E-state index contributed by atoms with van der Waals surface area (Å²) in [6, 6.07) is 7.79. The average Bonchev–Trinajstić information content (AvgIpc) is 3.12. The first-order valence-electron chi connectivity index (χ1n) is 7.58. The first-order chi connectivity index (χ1) is 11.0. The Morgan fingerprint density at radius 3 is 2.74 bits per heavy atom. The van der Waals surface area contributed by atoms with Gasteiger partial charge < -0.3 is 10.2 Å². The summed E-state index contributed by atoms with van der Waals surface area (Å²) in [5.41, 5.74) is 2.96. The SMILES string of the molecule is Cc1ccc(N2C[C@H](C(=O)NCc3nc(C)cs3)CC2=O)cc1. The van der Waals surface area contributed by atoms with Gasteiger partial charge in [0.25, 0.3) is 0 Å². The maximum atomic E-state index is 12.3. The molecule has 120 valence electrons. The lowest BCUT2D eigenvalue weighted by molar-refractivity contribution is -0.126. The van der Waals surface area contributed by atoms with Gasteiger partial charge in [0.15, 0.2) is 0 Å². The van der Waals surface area contributed by atoms with E-state index in [0.29, 0.717) is 13.1 Å². The number of thiazole rings is 1. The molecule has 1 saturated heterocycles. The molecule has 0 aliphatic carbocycles. The highest BCUT2D eigenvalue weighted by molar-refractivity contribution is 7.09. The fraction of sp³-hybridized carbons (Fsp3) is 0.353. The molecule has 0 saturated carbocycles. The van der Waals surface area contributed by atoms with E-state index in [0.717, 1.165) is 22.0 Å². The highest BCUT2D eigenvalue weighted by Crippen LogP contribution is 2.25. The van der Waals surface area contributed by atoms with Crippen LogP contribution in [0.2, 0.25) is 0 Å².